The van der Waals surface area contributed by atoms with E-state index >= 15 is 0 Å². The monoisotopic (exact) mass is 1930 g/mol. The normalized spacial score (nSPS) is 15.5. The summed E-state index contributed by atoms with van der Waals surface area (Å²) >= 11 is 5.94. The standard InChI is InChI=1S/C22H30N2O3.C22H25NO4.3C22H29NO3S.H2S/c1-26-21-7-4-5-18(15-21)9-10-19-6-2-3-8-22(19)27-17-20(25)16-24-13-11-23-12-14-24;1-25-21-7-4-5-18(15-21)9-10-19-6-2-3-8-22(19)27-17-20(24)16-23-11-13-26-14-12-23;3*1-25-21-7-4-5-18(15-21)9-10-19-6-2-3-8-22(19)26-17-20(24)16-23-11-13-27-14-12-23;/h2-8,15,20,23,25H,9-14,16-17H2,1H3;2-8,11-15,20,24H,9-10,16-17H2,1H3;3*2-8,15,20,24H,9-14,16-17H2,1H3;1H2/t20-;;;;;/m0...../s1. The van der Waals surface area contributed by atoms with Gasteiger partial charge in [0.1, 0.15) is 134 Å². The third-order valence-electron chi connectivity index (χ3n) is 23.6. The van der Waals surface area contributed by atoms with Crippen molar-refractivity contribution in [2.45, 2.75) is 94.7 Å². The minimum atomic E-state index is -0.608. The van der Waals surface area contributed by atoms with Gasteiger partial charge in [0.2, 0.25) is 0 Å². The highest BCUT2D eigenvalue weighted by Crippen LogP contribution is 2.30. The summed E-state index contributed by atoms with van der Waals surface area (Å²) in [4.78, 5) is 11.1. The number of aliphatic hydroxyl groups excluding tert-OH is 5. The molecule has 136 heavy (non-hydrogen) atoms. The summed E-state index contributed by atoms with van der Waals surface area (Å²) in [6, 6.07) is 81.2. The lowest BCUT2D eigenvalue weighted by Gasteiger charge is -2.29. The van der Waals surface area contributed by atoms with Crippen LogP contribution in [-0.4, -0.2) is 282 Å². The molecule has 0 aliphatic carbocycles. The summed E-state index contributed by atoms with van der Waals surface area (Å²) in [7, 11) is 8.44. The van der Waals surface area contributed by atoms with Crippen LogP contribution < -0.4 is 52.7 Å². The van der Waals surface area contributed by atoms with Gasteiger partial charge in [0.25, 0.3) is 0 Å². The third-order valence-corrected chi connectivity index (χ3v) is 26.4. The highest BCUT2D eigenvalue weighted by molar-refractivity contribution is 7.99. The van der Waals surface area contributed by atoms with Gasteiger partial charge < -0.3 is 87.9 Å². The number of ether oxygens (including phenoxy) is 11. The number of nitrogens with one attached hydrogen (secondary N) is 1. The zero-order valence-electron chi connectivity index (χ0n) is 79.9. The van der Waals surface area contributed by atoms with Gasteiger partial charge in [-0.1, -0.05) is 152 Å². The molecule has 0 amide bonds. The van der Waals surface area contributed by atoms with Gasteiger partial charge in [0.05, 0.1) is 42.1 Å². The quantitative estimate of drug-likeness (QED) is 0.0208. The maximum Gasteiger partial charge on any atom is 0.122 e. The molecule has 0 aromatic heterocycles. The first kappa shape index (κ1) is 108. The smallest absolute Gasteiger partial charge is 0.122 e. The largest absolute Gasteiger partial charge is 0.497 e. The summed E-state index contributed by atoms with van der Waals surface area (Å²) < 4.78 is 61.2. The average Bonchev–Trinajstić information content (AvgIpc) is 0.878. The Morgan fingerprint density at radius 1 is 0.279 bits per heavy atom. The first-order valence-electron chi connectivity index (χ1n) is 47.4. The number of piperazine rings is 1. The van der Waals surface area contributed by atoms with Crippen LogP contribution in [0.25, 0.3) is 0 Å². The van der Waals surface area contributed by atoms with E-state index < -0.39 is 30.5 Å². The van der Waals surface area contributed by atoms with E-state index in [2.05, 4.69) is 116 Å². The van der Waals surface area contributed by atoms with Crippen LogP contribution in [0, 0.1) is 0 Å². The Hall–Kier alpha value is -9.72. The van der Waals surface area contributed by atoms with E-state index in [9.17, 15) is 25.5 Å². The Kier molecular flexibility index (Phi) is 50.2. The molecule has 5 aliphatic heterocycles. The van der Waals surface area contributed by atoms with E-state index in [0.29, 0.717) is 59.2 Å². The second-order valence-corrected chi connectivity index (χ2v) is 37.5. The Labute approximate surface area is 827 Å². The zero-order valence-corrected chi connectivity index (χ0v) is 83.4. The van der Waals surface area contributed by atoms with Gasteiger partial charge in [-0.15, -0.1) is 0 Å². The van der Waals surface area contributed by atoms with Crippen molar-refractivity contribution in [3.05, 3.63) is 323 Å². The van der Waals surface area contributed by atoms with Crippen molar-refractivity contribution in [1.82, 2.24) is 29.8 Å². The molecular formula is C110H144N6O16S4. The lowest BCUT2D eigenvalue weighted by atomic mass is 10.0. The van der Waals surface area contributed by atoms with Crippen LogP contribution in [0.5, 0.6) is 57.5 Å². The summed E-state index contributed by atoms with van der Waals surface area (Å²) in [6.07, 6.45) is 13.2. The molecule has 0 spiro atoms. The Balaban J connectivity index is 0.000000175. The molecule has 5 heterocycles. The Bertz CT molecular complexity index is 4540. The van der Waals surface area contributed by atoms with Crippen LogP contribution in [0.4, 0.5) is 0 Å². The molecule has 4 unspecified atom stereocenters. The van der Waals surface area contributed by atoms with Crippen molar-refractivity contribution < 1.29 is 77.6 Å². The van der Waals surface area contributed by atoms with E-state index in [1.807, 2.05) is 192 Å². The zero-order chi connectivity index (χ0) is 94.5. The lowest BCUT2D eigenvalue weighted by molar-refractivity contribution is 0.0638. The van der Waals surface area contributed by atoms with Gasteiger partial charge in [0.15, 0.2) is 0 Å². The number of aliphatic hydroxyl groups is 5. The third kappa shape index (κ3) is 40.8. The summed E-state index contributed by atoms with van der Waals surface area (Å²) in [6.45, 7) is 15.0. The molecule has 15 rings (SSSR count). The number of benzene rings is 10. The van der Waals surface area contributed by atoms with E-state index in [0.717, 1.165) is 233 Å². The van der Waals surface area contributed by atoms with Crippen LogP contribution in [0.1, 0.15) is 55.6 Å². The highest BCUT2D eigenvalue weighted by Gasteiger charge is 2.23. The Morgan fingerprint density at radius 3 is 0.735 bits per heavy atom. The van der Waals surface area contributed by atoms with E-state index in [1.165, 1.54) is 44.5 Å². The SMILES string of the molecule is COc1cccc(CCc2ccccc2OCC(O)CN2C=COC=C2)c1.COc1cccc(CCc2ccccc2OCC(O)CN2CCSCC2)c1.COc1cccc(CCc2ccccc2OCC(O)CN2CCSCC2)c1.COc1cccc(CCc2ccccc2OCC(O)CN2CCSCC2)c1.COc1cccc(CCc2ccccc2OC[C@@H](O)CN2CCNCC2)c1.S. The fraction of sp³-hybridized carbons (Fsp3) is 0.418. The number of hydrogen-bond acceptors (Lipinski definition) is 25. The molecule has 6 N–H and O–H groups in total. The highest BCUT2D eigenvalue weighted by atomic mass is 32.2. The predicted molar refractivity (Wildman–Crippen MR) is 559 cm³/mol. The number of nitrogens with zero attached hydrogens (tertiary/aromatic N) is 5. The van der Waals surface area contributed by atoms with Crippen LogP contribution in [0.3, 0.4) is 0 Å². The second-order valence-electron chi connectivity index (χ2n) is 33.8. The van der Waals surface area contributed by atoms with Gasteiger partial charge in [-0.3, -0.25) is 19.6 Å². The van der Waals surface area contributed by atoms with Crippen molar-refractivity contribution in [1.29, 1.82) is 0 Å². The van der Waals surface area contributed by atoms with Crippen LogP contribution >= 0.6 is 48.8 Å². The molecule has 10 aromatic rings. The van der Waals surface area contributed by atoms with Gasteiger partial charge in [-0.2, -0.15) is 48.8 Å². The molecule has 4 saturated heterocycles. The fourth-order valence-electron chi connectivity index (χ4n) is 16.1. The maximum absolute atomic E-state index is 10.3. The summed E-state index contributed by atoms with van der Waals surface area (Å²) in [5.74, 6) is 15.6. The first-order valence-corrected chi connectivity index (χ1v) is 50.8. The van der Waals surface area contributed by atoms with Crippen molar-refractivity contribution in [3.63, 3.8) is 0 Å². The first-order chi connectivity index (χ1) is 66.2. The van der Waals surface area contributed by atoms with Crippen LogP contribution in [-0.2, 0) is 68.9 Å². The molecule has 0 radical (unpaired) electrons. The molecule has 734 valence electrons. The van der Waals surface area contributed by atoms with Gasteiger partial charge >= 0.3 is 0 Å². The van der Waals surface area contributed by atoms with Crippen molar-refractivity contribution >= 4 is 48.8 Å². The number of thioether (sulfide) groups is 3. The molecule has 5 atom stereocenters. The lowest BCUT2D eigenvalue weighted by Crippen LogP contribution is -2.47. The molecule has 0 bridgehead atoms. The topological polar surface area (TPSA) is 231 Å². The number of methoxy groups -OCH3 is 5. The number of hydrogen-bond donors (Lipinski definition) is 6. The summed E-state index contributed by atoms with van der Waals surface area (Å²) in [5, 5.41) is 54.9. The van der Waals surface area contributed by atoms with Crippen molar-refractivity contribution in [2.24, 2.45) is 0 Å². The fourth-order valence-corrected chi connectivity index (χ4v) is 19.0. The van der Waals surface area contributed by atoms with Gasteiger partial charge in [-0.05, 0) is 211 Å². The molecule has 26 heteroatoms. The van der Waals surface area contributed by atoms with Crippen molar-refractivity contribution in [3.8, 4) is 57.5 Å². The molecular weight excluding hydrogens is 1790 g/mol. The average molecular weight is 1930 g/mol. The van der Waals surface area contributed by atoms with Crippen LogP contribution in [0.15, 0.2) is 268 Å². The van der Waals surface area contributed by atoms with E-state index in [4.69, 9.17) is 52.1 Å². The molecule has 4 fully saturated rings. The van der Waals surface area contributed by atoms with Crippen LogP contribution in [0.2, 0.25) is 0 Å². The molecule has 22 nitrogen and oxygen atoms in total. The summed E-state index contributed by atoms with van der Waals surface area (Å²) in [5.41, 5.74) is 12.0. The molecule has 0 saturated carbocycles. The van der Waals surface area contributed by atoms with E-state index in [-0.39, 0.29) is 20.1 Å². The number of para-hydroxylation sites is 5. The minimum absolute atomic E-state index is 0. The van der Waals surface area contributed by atoms with E-state index in [1.54, 1.807) is 60.5 Å². The van der Waals surface area contributed by atoms with Gasteiger partial charge in [0, 0.05) is 139 Å². The molecule has 10 aromatic carbocycles. The number of aryl methyl sites for hydroxylation is 10. The van der Waals surface area contributed by atoms with Gasteiger partial charge in [-0.25, -0.2) is 0 Å². The second kappa shape index (κ2) is 63.0. The molecule has 5 aliphatic rings. The number of β-amino-alcohol motifs (C(OH)–C–C–N with tert-alkyl or cyclic N) is 5. The Morgan fingerprint density at radius 2 is 0.500 bits per heavy atom. The van der Waals surface area contributed by atoms with Crippen molar-refractivity contribution in [2.75, 3.05) is 201 Å². The maximum atomic E-state index is 10.3. The minimum Gasteiger partial charge on any atom is -0.497 e. The number of rotatable bonds is 45. The predicted octanol–water partition coefficient (Wildman–Crippen LogP) is 15.5.